The van der Waals surface area contributed by atoms with Gasteiger partial charge >= 0.3 is 0 Å². The molecule has 0 radical (unpaired) electrons. The SMILES string of the molecule is Cc1ccnc(Nc2cnc3nnn(Cc4ccc5ncccc5c4)c3n2)c1. The molecule has 8 heteroatoms. The van der Waals surface area contributed by atoms with Gasteiger partial charge in [0.05, 0.1) is 18.3 Å². The van der Waals surface area contributed by atoms with Crippen LogP contribution in [0.3, 0.4) is 0 Å². The summed E-state index contributed by atoms with van der Waals surface area (Å²) in [5.74, 6) is 1.31. The van der Waals surface area contributed by atoms with Gasteiger partial charge in [-0.3, -0.25) is 4.98 Å². The Morgan fingerprint density at radius 2 is 1.93 bits per heavy atom. The van der Waals surface area contributed by atoms with Crippen molar-refractivity contribution in [2.45, 2.75) is 13.5 Å². The van der Waals surface area contributed by atoms with Gasteiger partial charge in [-0.15, -0.1) is 5.10 Å². The van der Waals surface area contributed by atoms with E-state index in [0.717, 1.165) is 27.8 Å². The zero-order valence-corrected chi connectivity index (χ0v) is 15.1. The summed E-state index contributed by atoms with van der Waals surface area (Å²) in [6.07, 6.45) is 5.18. The first-order valence-corrected chi connectivity index (χ1v) is 8.84. The van der Waals surface area contributed by atoms with Gasteiger partial charge in [0.2, 0.25) is 5.65 Å². The number of aryl methyl sites for hydroxylation is 1. The first-order chi connectivity index (χ1) is 13.7. The molecular weight excluding hydrogens is 352 g/mol. The lowest BCUT2D eigenvalue weighted by atomic mass is 10.1. The maximum atomic E-state index is 4.63. The standard InChI is InChI=1S/C20H16N8/c1-13-6-8-22-17(9-13)24-18-11-23-19-20(25-18)28(27-26-19)12-14-4-5-16-15(10-14)3-2-7-21-16/h2-11H,12H2,1H3,(H,22,24,25). The second-order valence-electron chi connectivity index (χ2n) is 6.52. The van der Waals surface area contributed by atoms with Crippen LogP contribution < -0.4 is 5.32 Å². The molecule has 0 unspecified atom stereocenters. The van der Waals surface area contributed by atoms with Crippen molar-refractivity contribution in [1.29, 1.82) is 0 Å². The summed E-state index contributed by atoms with van der Waals surface area (Å²) in [7, 11) is 0. The molecule has 0 fully saturated rings. The van der Waals surface area contributed by atoms with Crippen LogP contribution in [0.2, 0.25) is 0 Å². The number of nitrogens with zero attached hydrogens (tertiary/aromatic N) is 7. The highest BCUT2D eigenvalue weighted by Gasteiger charge is 2.10. The van der Waals surface area contributed by atoms with Gasteiger partial charge in [0.1, 0.15) is 5.82 Å². The van der Waals surface area contributed by atoms with Crippen molar-refractivity contribution < 1.29 is 0 Å². The molecule has 136 valence electrons. The third-order valence-corrected chi connectivity index (χ3v) is 4.40. The number of rotatable bonds is 4. The molecule has 0 saturated carbocycles. The second-order valence-corrected chi connectivity index (χ2v) is 6.52. The highest BCUT2D eigenvalue weighted by atomic mass is 15.5. The number of hydrogen-bond acceptors (Lipinski definition) is 7. The highest BCUT2D eigenvalue weighted by Crippen LogP contribution is 2.18. The van der Waals surface area contributed by atoms with Gasteiger partial charge in [0.15, 0.2) is 11.5 Å². The topological polar surface area (TPSA) is 94.3 Å². The summed E-state index contributed by atoms with van der Waals surface area (Å²) < 4.78 is 1.74. The molecule has 1 aromatic carbocycles. The molecule has 0 aliphatic heterocycles. The van der Waals surface area contributed by atoms with Crippen LogP contribution in [0.1, 0.15) is 11.1 Å². The molecule has 0 atom stereocenters. The maximum absolute atomic E-state index is 4.63. The number of nitrogens with one attached hydrogen (secondary N) is 1. The van der Waals surface area contributed by atoms with Crippen LogP contribution in [-0.4, -0.2) is 34.9 Å². The minimum Gasteiger partial charge on any atom is -0.324 e. The molecule has 5 rings (SSSR count). The van der Waals surface area contributed by atoms with Gasteiger partial charge in [0.25, 0.3) is 0 Å². The summed E-state index contributed by atoms with van der Waals surface area (Å²) in [5.41, 5.74) is 4.29. The van der Waals surface area contributed by atoms with E-state index in [-0.39, 0.29) is 0 Å². The Bertz CT molecular complexity index is 1290. The lowest BCUT2D eigenvalue weighted by Crippen LogP contribution is -2.04. The Kier molecular flexibility index (Phi) is 3.86. The van der Waals surface area contributed by atoms with E-state index in [1.54, 1.807) is 23.3 Å². The fourth-order valence-corrected chi connectivity index (χ4v) is 3.05. The molecule has 5 aromatic rings. The predicted octanol–water partition coefficient (Wildman–Crippen LogP) is 3.26. The Balaban J connectivity index is 1.47. The molecule has 0 aliphatic rings. The Morgan fingerprint density at radius 3 is 2.86 bits per heavy atom. The largest absolute Gasteiger partial charge is 0.324 e. The van der Waals surface area contributed by atoms with E-state index in [1.807, 2.05) is 43.3 Å². The van der Waals surface area contributed by atoms with Gasteiger partial charge in [-0.2, -0.15) is 0 Å². The minimum atomic E-state index is 0.505. The zero-order valence-electron chi connectivity index (χ0n) is 15.1. The van der Waals surface area contributed by atoms with E-state index in [0.29, 0.717) is 23.7 Å². The average Bonchev–Trinajstić information content (AvgIpc) is 3.10. The van der Waals surface area contributed by atoms with Crippen LogP contribution in [0, 0.1) is 6.92 Å². The first kappa shape index (κ1) is 16.2. The quantitative estimate of drug-likeness (QED) is 0.520. The monoisotopic (exact) mass is 368 g/mol. The fourth-order valence-electron chi connectivity index (χ4n) is 3.05. The normalized spacial score (nSPS) is 11.2. The molecule has 0 bridgehead atoms. The summed E-state index contributed by atoms with van der Waals surface area (Å²) in [6.45, 7) is 2.56. The summed E-state index contributed by atoms with van der Waals surface area (Å²) in [4.78, 5) is 17.6. The van der Waals surface area contributed by atoms with Gasteiger partial charge in [0, 0.05) is 17.8 Å². The van der Waals surface area contributed by atoms with Crippen molar-refractivity contribution in [2.75, 3.05) is 5.32 Å². The number of fused-ring (bicyclic) bond motifs is 2. The van der Waals surface area contributed by atoms with Crippen molar-refractivity contribution in [2.24, 2.45) is 0 Å². The van der Waals surface area contributed by atoms with Gasteiger partial charge < -0.3 is 5.32 Å². The molecule has 0 aliphatic carbocycles. The maximum Gasteiger partial charge on any atom is 0.221 e. The van der Waals surface area contributed by atoms with Crippen molar-refractivity contribution in [3.63, 3.8) is 0 Å². The molecule has 0 spiro atoms. The average molecular weight is 368 g/mol. The smallest absolute Gasteiger partial charge is 0.221 e. The number of benzene rings is 1. The Morgan fingerprint density at radius 1 is 0.964 bits per heavy atom. The summed E-state index contributed by atoms with van der Waals surface area (Å²) in [6, 6.07) is 14.0. The van der Waals surface area contributed by atoms with E-state index >= 15 is 0 Å². The molecule has 1 N–H and O–H groups in total. The van der Waals surface area contributed by atoms with E-state index in [1.165, 1.54) is 0 Å². The third kappa shape index (κ3) is 3.11. The van der Waals surface area contributed by atoms with E-state index < -0.39 is 0 Å². The minimum absolute atomic E-state index is 0.505. The second kappa shape index (κ2) is 6.66. The lowest BCUT2D eigenvalue weighted by Gasteiger charge is -2.06. The molecule has 8 nitrogen and oxygen atoms in total. The van der Waals surface area contributed by atoms with Crippen LogP contribution in [0.5, 0.6) is 0 Å². The third-order valence-electron chi connectivity index (χ3n) is 4.40. The lowest BCUT2D eigenvalue weighted by molar-refractivity contribution is 0.664. The molecule has 0 amide bonds. The van der Waals surface area contributed by atoms with Crippen molar-refractivity contribution >= 4 is 33.8 Å². The molecule has 4 heterocycles. The highest BCUT2D eigenvalue weighted by molar-refractivity contribution is 5.79. The van der Waals surface area contributed by atoms with Gasteiger partial charge in [-0.1, -0.05) is 17.3 Å². The molecule has 4 aromatic heterocycles. The fraction of sp³-hybridized carbons (Fsp3) is 0.100. The number of pyridine rings is 2. The summed E-state index contributed by atoms with van der Waals surface area (Å²) in [5, 5.41) is 12.6. The van der Waals surface area contributed by atoms with Gasteiger partial charge in [-0.05, 0) is 48.4 Å². The van der Waals surface area contributed by atoms with Crippen molar-refractivity contribution in [3.8, 4) is 0 Å². The van der Waals surface area contributed by atoms with Crippen molar-refractivity contribution in [3.05, 3.63) is 72.2 Å². The summed E-state index contributed by atoms with van der Waals surface area (Å²) >= 11 is 0. The Hall–Kier alpha value is -3.94. The molecular formula is C20H16N8. The predicted molar refractivity (Wildman–Crippen MR) is 106 cm³/mol. The first-order valence-electron chi connectivity index (χ1n) is 8.84. The molecule has 0 saturated heterocycles. The van der Waals surface area contributed by atoms with Crippen LogP contribution in [0.25, 0.3) is 22.2 Å². The van der Waals surface area contributed by atoms with E-state index in [2.05, 4.69) is 41.6 Å². The van der Waals surface area contributed by atoms with Crippen LogP contribution in [0.15, 0.2) is 61.1 Å². The van der Waals surface area contributed by atoms with E-state index in [4.69, 9.17) is 0 Å². The molecule has 28 heavy (non-hydrogen) atoms. The zero-order chi connectivity index (χ0) is 18.9. The van der Waals surface area contributed by atoms with Gasteiger partial charge in [-0.25, -0.2) is 19.6 Å². The number of hydrogen-bond donors (Lipinski definition) is 1. The number of anilines is 2. The Labute approximate surface area is 160 Å². The van der Waals surface area contributed by atoms with E-state index in [9.17, 15) is 0 Å². The van der Waals surface area contributed by atoms with Crippen LogP contribution >= 0.6 is 0 Å². The van der Waals surface area contributed by atoms with Crippen LogP contribution in [0.4, 0.5) is 11.6 Å². The van der Waals surface area contributed by atoms with Crippen LogP contribution in [-0.2, 0) is 6.54 Å². The van der Waals surface area contributed by atoms with Crippen molar-refractivity contribution in [1.82, 2.24) is 34.9 Å². The number of aromatic nitrogens is 7.